The van der Waals surface area contributed by atoms with Gasteiger partial charge in [0, 0.05) is 31.1 Å². The zero-order valence-corrected chi connectivity index (χ0v) is 17.9. The number of benzene rings is 1. The van der Waals surface area contributed by atoms with Gasteiger partial charge in [-0.25, -0.2) is 0 Å². The van der Waals surface area contributed by atoms with Crippen LogP contribution in [0.2, 0.25) is 0 Å². The summed E-state index contributed by atoms with van der Waals surface area (Å²) in [5.74, 6) is 1.22. The Balaban J connectivity index is 1.25. The number of nitrogens with zero attached hydrogens (tertiary/aromatic N) is 3. The van der Waals surface area contributed by atoms with Crippen molar-refractivity contribution >= 4 is 11.7 Å². The van der Waals surface area contributed by atoms with Crippen molar-refractivity contribution in [2.24, 2.45) is 5.92 Å². The van der Waals surface area contributed by atoms with Gasteiger partial charge in [-0.2, -0.15) is 0 Å². The predicted octanol–water partition coefficient (Wildman–Crippen LogP) is 4.68. The van der Waals surface area contributed by atoms with Gasteiger partial charge < -0.3 is 10.2 Å². The van der Waals surface area contributed by atoms with Crippen LogP contribution in [-0.4, -0.2) is 35.7 Å². The van der Waals surface area contributed by atoms with E-state index < -0.39 is 0 Å². The van der Waals surface area contributed by atoms with Gasteiger partial charge in [0.1, 0.15) is 0 Å². The molecule has 0 spiro atoms. The van der Waals surface area contributed by atoms with Crippen LogP contribution in [0, 0.1) is 12.8 Å². The van der Waals surface area contributed by atoms with Crippen molar-refractivity contribution in [3.05, 3.63) is 53.6 Å². The number of aryl methyl sites for hydroxylation is 1. The van der Waals surface area contributed by atoms with Gasteiger partial charge in [-0.05, 0) is 70.1 Å². The summed E-state index contributed by atoms with van der Waals surface area (Å²) in [5, 5.41) is 12.0. The normalized spacial score (nSPS) is 17.5. The lowest BCUT2D eigenvalue weighted by molar-refractivity contribution is -0.125. The second kappa shape index (κ2) is 9.88. The Labute approximate surface area is 179 Å². The molecule has 158 valence electrons. The van der Waals surface area contributed by atoms with Crippen LogP contribution in [0.15, 0.2) is 48.0 Å². The topological polar surface area (TPSA) is 58.1 Å². The summed E-state index contributed by atoms with van der Waals surface area (Å²) in [4.78, 5) is 14.8. The molecule has 5 heteroatoms. The highest BCUT2D eigenvalue weighted by atomic mass is 16.1. The smallest absolute Gasteiger partial charge is 0.223 e. The molecular formula is C25H32N4O. The molecule has 1 aromatic carbocycles. The summed E-state index contributed by atoms with van der Waals surface area (Å²) < 4.78 is 0. The SMILES string of the molecule is Cc1cccc(-c2ccc(N3CCC(C(=O)NCCC4=CCCCC4)CC3)nn2)c1. The molecule has 2 aliphatic rings. The van der Waals surface area contributed by atoms with E-state index in [1.54, 1.807) is 0 Å². The van der Waals surface area contributed by atoms with E-state index >= 15 is 0 Å². The Hall–Kier alpha value is -2.69. The number of nitrogens with one attached hydrogen (secondary N) is 1. The molecule has 0 unspecified atom stereocenters. The first kappa shape index (κ1) is 20.6. The molecule has 0 saturated carbocycles. The summed E-state index contributed by atoms with van der Waals surface area (Å²) in [7, 11) is 0. The van der Waals surface area contributed by atoms with Crippen molar-refractivity contribution in [2.45, 2.75) is 51.9 Å². The van der Waals surface area contributed by atoms with E-state index in [1.807, 2.05) is 18.2 Å². The third-order valence-corrected chi connectivity index (χ3v) is 6.28. The molecule has 1 amide bonds. The molecule has 1 saturated heterocycles. The number of rotatable bonds is 6. The third kappa shape index (κ3) is 5.26. The lowest BCUT2D eigenvalue weighted by Gasteiger charge is -2.31. The van der Waals surface area contributed by atoms with Gasteiger partial charge in [0.05, 0.1) is 5.69 Å². The minimum atomic E-state index is 0.112. The van der Waals surface area contributed by atoms with Crippen molar-refractivity contribution in [1.82, 2.24) is 15.5 Å². The zero-order chi connectivity index (χ0) is 20.8. The highest BCUT2D eigenvalue weighted by Gasteiger charge is 2.25. The number of aromatic nitrogens is 2. The van der Waals surface area contributed by atoms with Gasteiger partial charge in [0.15, 0.2) is 5.82 Å². The van der Waals surface area contributed by atoms with Gasteiger partial charge in [0.25, 0.3) is 0 Å². The largest absolute Gasteiger partial charge is 0.356 e. The summed E-state index contributed by atoms with van der Waals surface area (Å²) in [6, 6.07) is 12.4. The Bertz CT molecular complexity index is 882. The summed E-state index contributed by atoms with van der Waals surface area (Å²) in [5.41, 5.74) is 4.72. The molecule has 1 aromatic heterocycles. The van der Waals surface area contributed by atoms with Crippen molar-refractivity contribution in [2.75, 3.05) is 24.5 Å². The molecule has 1 aliphatic heterocycles. The van der Waals surface area contributed by atoms with Crippen LogP contribution in [-0.2, 0) is 4.79 Å². The first-order valence-electron chi connectivity index (χ1n) is 11.3. The van der Waals surface area contributed by atoms with Crippen molar-refractivity contribution < 1.29 is 4.79 Å². The van der Waals surface area contributed by atoms with Crippen LogP contribution in [0.1, 0.15) is 50.5 Å². The van der Waals surface area contributed by atoms with E-state index in [9.17, 15) is 4.79 Å². The van der Waals surface area contributed by atoms with Gasteiger partial charge in [-0.3, -0.25) is 4.79 Å². The molecule has 4 rings (SSSR count). The molecule has 1 aliphatic carbocycles. The summed E-state index contributed by atoms with van der Waals surface area (Å²) in [6.07, 6.45) is 10.1. The van der Waals surface area contributed by atoms with Crippen molar-refractivity contribution in [3.63, 3.8) is 0 Å². The third-order valence-electron chi connectivity index (χ3n) is 6.28. The average Bonchev–Trinajstić information content (AvgIpc) is 2.80. The first-order valence-corrected chi connectivity index (χ1v) is 11.3. The number of hydrogen-bond donors (Lipinski definition) is 1. The summed E-state index contributed by atoms with van der Waals surface area (Å²) in [6.45, 7) is 4.55. The molecule has 0 atom stereocenters. The van der Waals surface area contributed by atoms with E-state index in [1.165, 1.54) is 36.8 Å². The van der Waals surface area contributed by atoms with E-state index in [0.29, 0.717) is 0 Å². The highest BCUT2D eigenvalue weighted by Crippen LogP contribution is 2.24. The molecule has 2 heterocycles. The number of carbonyl (C=O) groups excluding carboxylic acids is 1. The predicted molar refractivity (Wildman–Crippen MR) is 121 cm³/mol. The molecule has 30 heavy (non-hydrogen) atoms. The number of hydrogen-bond acceptors (Lipinski definition) is 4. The van der Waals surface area contributed by atoms with Crippen LogP contribution < -0.4 is 10.2 Å². The van der Waals surface area contributed by atoms with Gasteiger partial charge in [0.2, 0.25) is 5.91 Å². The second-order valence-corrected chi connectivity index (χ2v) is 8.56. The fourth-order valence-electron chi connectivity index (χ4n) is 4.45. The highest BCUT2D eigenvalue weighted by molar-refractivity contribution is 5.79. The van der Waals surface area contributed by atoms with E-state index in [2.05, 4.69) is 51.6 Å². The average molecular weight is 405 g/mol. The number of anilines is 1. The lowest BCUT2D eigenvalue weighted by Crippen LogP contribution is -2.41. The molecule has 2 aromatic rings. The maximum atomic E-state index is 12.5. The number of carbonyl (C=O) groups is 1. The monoisotopic (exact) mass is 404 g/mol. The standard InChI is InChI=1S/C25H32N4O/c1-19-6-5-9-22(18-19)23-10-11-24(28-27-23)29-16-13-21(14-17-29)25(30)26-15-12-20-7-3-2-4-8-20/h5-7,9-11,18,21H,2-4,8,12-17H2,1H3,(H,26,30). The molecular weight excluding hydrogens is 372 g/mol. The van der Waals surface area contributed by atoms with Gasteiger partial charge >= 0.3 is 0 Å². The van der Waals surface area contributed by atoms with Crippen LogP contribution in [0.25, 0.3) is 11.3 Å². The molecule has 0 radical (unpaired) electrons. The van der Waals surface area contributed by atoms with Gasteiger partial charge in [-0.15, -0.1) is 10.2 Å². The molecule has 0 bridgehead atoms. The maximum absolute atomic E-state index is 12.5. The van der Waals surface area contributed by atoms with Crippen LogP contribution in [0.3, 0.4) is 0 Å². The number of allylic oxidation sites excluding steroid dienone is 1. The molecule has 1 fully saturated rings. The minimum absolute atomic E-state index is 0.112. The quantitative estimate of drug-likeness (QED) is 0.711. The fourth-order valence-corrected chi connectivity index (χ4v) is 4.45. The maximum Gasteiger partial charge on any atom is 0.223 e. The van der Waals surface area contributed by atoms with E-state index in [-0.39, 0.29) is 11.8 Å². The van der Waals surface area contributed by atoms with Crippen LogP contribution >= 0.6 is 0 Å². The minimum Gasteiger partial charge on any atom is -0.356 e. The van der Waals surface area contributed by atoms with Crippen molar-refractivity contribution in [3.8, 4) is 11.3 Å². The number of piperidine rings is 1. The Kier molecular flexibility index (Phi) is 6.77. The summed E-state index contributed by atoms with van der Waals surface area (Å²) >= 11 is 0. The Morgan fingerprint density at radius 3 is 2.70 bits per heavy atom. The lowest BCUT2D eigenvalue weighted by atomic mass is 9.95. The van der Waals surface area contributed by atoms with Gasteiger partial charge in [-0.1, -0.05) is 35.4 Å². The first-order chi connectivity index (χ1) is 14.7. The second-order valence-electron chi connectivity index (χ2n) is 8.56. The fraction of sp³-hybridized carbons (Fsp3) is 0.480. The van der Waals surface area contributed by atoms with Crippen LogP contribution in [0.4, 0.5) is 5.82 Å². The molecule has 5 nitrogen and oxygen atoms in total. The number of amides is 1. The Morgan fingerprint density at radius 2 is 2.00 bits per heavy atom. The van der Waals surface area contributed by atoms with E-state index in [4.69, 9.17) is 0 Å². The van der Waals surface area contributed by atoms with Crippen LogP contribution in [0.5, 0.6) is 0 Å². The zero-order valence-electron chi connectivity index (χ0n) is 17.9. The van der Waals surface area contributed by atoms with Crippen molar-refractivity contribution in [1.29, 1.82) is 0 Å². The van der Waals surface area contributed by atoms with E-state index in [0.717, 1.165) is 56.0 Å². The molecule has 1 N–H and O–H groups in total. The Morgan fingerprint density at radius 1 is 1.13 bits per heavy atom.